The van der Waals surface area contributed by atoms with Crippen molar-refractivity contribution in [2.45, 2.75) is 46.1 Å². The number of para-hydroxylation sites is 1. The maximum atomic E-state index is 12.4. The van der Waals surface area contributed by atoms with Crippen molar-refractivity contribution in [1.29, 1.82) is 0 Å². The Labute approximate surface area is 180 Å². The van der Waals surface area contributed by atoms with Crippen LogP contribution < -0.4 is 5.32 Å². The Balaban J connectivity index is 1.47. The third-order valence-electron chi connectivity index (χ3n) is 5.10. The number of aromatic nitrogens is 1. The zero-order valence-corrected chi connectivity index (χ0v) is 18.2. The molecule has 0 saturated carbocycles. The van der Waals surface area contributed by atoms with Crippen LogP contribution in [0.3, 0.4) is 0 Å². The number of ether oxygens (including phenoxy) is 1. The van der Waals surface area contributed by atoms with Gasteiger partial charge in [-0.2, -0.15) is 0 Å². The smallest absolute Gasteiger partial charge is 0.311 e. The molecular weight excluding hydrogens is 402 g/mol. The number of carbonyl (C=O) groups is 3. The van der Waals surface area contributed by atoms with Gasteiger partial charge in [0.2, 0.25) is 11.8 Å². The Morgan fingerprint density at radius 2 is 2.10 bits per heavy atom. The number of nitrogens with one attached hydrogen (secondary N) is 1. The third-order valence-corrected chi connectivity index (χ3v) is 6.00. The highest BCUT2D eigenvalue weighted by atomic mass is 32.1. The Hall–Kier alpha value is -2.74. The summed E-state index contributed by atoms with van der Waals surface area (Å²) in [6.07, 6.45) is 2.15. The molecule has 1 fully saturated rings. The van der Waals surface area contributed by atoms with Gasteiger partial charge >= 0.3 is 5.97 Å². The van der Waals surface area contributed by atoms with Gasteiger partial charge in [0.05, 0.1) is 18.0 Å². The Kier molecular flexibility index (Phi) is 7.57. The van der Waals surface area contributed by atoms with Crippen molar-refractivity contribution in [3.63, 3.8) is 0 Å². The quantitative estimate of drug-likeness (QED) is 0.682. The molecule has 0 bridgehead atoms. The summed E-state index contributed by atoms with van der Waals surface area (Å²) in [6, 6.07) is 7.60. The summed E-state index contributed by atoms with van der Waals surface area (Å²) < 4.78 is 5.43. The molecule has 30 heavy (non-hydrogen) atoms. The van der Waals surface area contributed by atoms with Crippen LogP contribution in [0.5, 0.6) is 0 Å². The van der Waals surface area contributed by atoms with Crippen molar-refractivity contribution in [1.82, 2.24) is 9.88 Å². The van der Waals surface area contributed by atoms with Gasteiger partial charge in [0.15, 0.2) is 0 Å². The lowest BCUT2D eigenvalue weighted by molar-refractivity contribution is -0.153. The molecule has 7 nitrogen and oxygen atoms in total. The standard InChI is InChI=1S/C22H27N3O4S/c1-3-21(27)25-10-6-8-16(12-25)22(28)29-13-17-14-30-20(23-17)11-19(26)24-18-9-5-4-7-15(18)2/h4-5,7,9,14,16H,3,6,8,10-13H2,1-2H3,(H,24,26). The largest absolute Gasteiger partial charge is 0.459 e. The van der Waals surface area contributed by atoms with Crippen molar-refractivity contribution >= 4 is 34.8 Å². The number of likely N-dealkylation sites (tertiary alicyclic amines) is 1. The van der Waals surface area contributed by atoms with Crippen LogP contribution in [0.4, 0.5) is 5.69 Å². The molecule has 1 saturated heterocycles. The van der Waals surface area contributed by atoms with E-state index in [2.05, 4.69) is 10.3 Å². The maximum Gasteiger partial charge on any atom is 0.311 e. The predicted molar refractivity (Wildman–Crippen MR) is 115 cm³/mol. The number of hydrogen-bond donors (Lipinski definition) is 1. The lowest BCUT2D eigenvalue weighted by Gasteiger charge is -2.31. The molecule has 1 N–H and O–H groups in total. The average Bonchev–Trinajstić information content (AvgIpc) is 3.20. The second-order valence-electron chi connectivity index (χ2n) is 7.41. The molecule has 1 aliphatic heterocycles. The van der Waals surface area contributed by atoms with Crippen LogP contribution >= 0.6 is 11.3 Å². The summed E-state index contributed by atoms with van der Waals surface area (Å²) in [5.74, 6) is -0.645. The summed E-state index contributed by atoms with van der Waals surface area (Å²) >= 11 is 1.37. The summed E-state index contributed by atoms with van der Waals surface area (Å²) in [4.78, 5) is 42.7. The number of anilines is 1. The number of piperidine rings is 1. The molecule has 3 rings (SSSR count). The number of rotatable bonds is 7. The van der Waals surface area contributed by atoms with E-state index in [0.29, 0.717) is 30.2 Å². The van der Waals surface area contributed by atoms with E-state index < -0.39 is 0 Å². The van der Waals surface area contributed by atoms with Crippen molar-refractivity contribution in [2.75, 3.05) is 18.4 Å². The SMILES string of the molecule is CCC(=O)N1CCCC(C(=O)OCc2csc(CC(=O)Nc3ccccc3C)n2)C1. The number of benzene rings is 1. The molecule has 1 aliphatic rings. The molecule has 2 amide bonds. The maximum absolute atomic E-state index is 12.4. The fourth-order valence-electron chi connectivity index (χ4n) is 3.42. The Morgan fingerprint density at radius 3 is 2.87 bits per heavy atom. The fourth-order valence-corrected chi connectivity index (χ4v) is 4.20. The van der Waals surface area contributed by atoms with Crippen LogP contribution in [0.1, 0.15) is 42.5 Å². The van der Waals surface area contributed by atoms with E-state index in [-0.39, 0.29) is 36.7 Å². The van der Waals surface area contributed by atoms with Crippen LogP contribution in [-0.2, 0) is 32.1 Å². The van der Waals surface area contributed by atoms with Crippen molar-refractivity contribution in [3.8, 4) is 0 Å². The minimum atomic E-state index is -0.296. The van der Waals surface area contributed by atoms with Crippen molar-refractivity contribution in [2.24, 2.45) is 5.92 Å². The monoisotopic (exact) mass is 429 g/mol. The van der Waals surface area contributed by atoms with Gasteiger partial charge in [0, 0.05) is 30.6 Å². The average molecular weight is 430 g/mol. The molecule has 0 radical (unpaired) electrons. The second kappa shape index (κ2) is 10.3. The first-order chi connectivity index (χ1) is 14.5. The molecule has 160 valence electrons. The molecule has 1 unspecified atom stereocenters. The molecule has 1 aromatic heterocycles. The van der Waals surface area contributed by atoms with E-state index in [0.717, 1.165) is 24.1 Å². The van der Waals surface area contributed by atoms with E-state index in [1.54, 1.807) is 10.3 Å². The van der Waals surface area contributed by atoms with Gasteiger partial charge in [-0.3, -0.25) is 14.4 Å². The summed E-state index contributed by atoms with van der Waals surface area (Å²) in [5, 5.41) is 5.36. The van der Waals surface area contributed by atoms with Gasteiger partial charge in [-0.25, -0.2) is 4.98 Å². The summed E-state index contributed by atoms with van der Waals surface area (Å²) in [6.45, 7) is 4.97. The minimum Gasteiger partial charge on any atom is -0.459 e. The van der Waals surface area contributed by atoms with Gasteiger partial charge in [-0.15, -0.1) is 11.3 Å². The second-order valence-corrected chi connectivity index (χ2v) is 8.36. The lowest BCUT2D eigenvalue weighted by Crippen LogP contribution is -2.42. The van der Waals surface area contributed by atoms with Gasteiger partial charge in [-0.05, 0) is 31.4 Å². The first-order valence-electron chi connectivity index (χ1n) is 10.2. The van der Waals surface area contributed by atoms with Crippen LogP contribution in [0.2, 0.25) is 0 Å². The summed E-state index contributed by atoms with van der Waals surface area (Å²) in [5.41, 5.74) is 2.42. The van der Waals surface area contributed by atoms with E-state index >= 15 is 0 Å². The Bertz CT molecular complexity index is 911. The van der Waals surface area contributed by atoms with E-state index in [1.807, 2.05) is 38.1 Å². The highest BCUT2D eigenvalue weighted by molar-refractivity contribution is 7.09. The molecule has 1 aromatic carbocycles. The molecule has 0 aliphatic carbocycles. The minimum absolute atomic E-state index is 0.0700. The molecule has 2 aromatic rings. The number of nitrogens with zero attached hydrogens (tertiary/aromatic N) is 2. The zero-order valence-electron chi connectivity index (χ0n) is 17.3. The van der Waals surface area contributed by atoms with Crippen LogP contribution in [0, 0.1) is 12.8 Å². The van der Waals surface area contributed by atoms with Gasteiger partial charge < -0.3 is 15.0 Å². The number of amides is 2. The fraction of sp³-hybridized carbons (Fsp3) is 0.455. The molecule has 0 spiro atoms. The van der Waals surface area contributed by atoms with Gasteiger partial charge in [0.1, 0.15) is 11.6 Å². The predicted octanol–water partition coefficient (Wildman–Crippen LogP) is 3.32. The molecule has 8 heteroatoms. The topological polar surface area (TPSA) is 88.6 Å². The van der Waals surface area contributed by atoms with E-state index in [9.17, 15) is 14.4 Å². The van der Waals surface area contributed by atoms with E-state index in [4.69, 9.17) is 4.74 Å². The summed E-state index contributed by atoms with van der Waals surface area (Å²) in [7, 11) is 0. The first kappa shape index (κ1) is 22.0. The number of hydrogen-bond acceptors (Lipinski definition) is 6. The molecular formula is C22H27N3O4S. The highest BCUT2D eigenvalue weighted by Gasteiger charge is 2.29. The number of thiazole rings is 1. The van der Waals surface area contributed by atoms with Crippen LogP contribution in [-0.4, -0.2) is 40.8 Å². The van der Waals surface area contributed by atoms with Crippen LogP contribution in [0.15, 0.2) is 29.6 Å². The van der Waals surface area contributed by atoms with Crippen molar-refractivity contribution < 1.29 is 19.1 Å². The number of carbonyl (C=O) groups excluding carboxylic acids is 3. The third kappa shape index (κ3) is 5.89. The highest BCUT2D eigenvalue weighted by Crippen LogP contribution is 2.20. The first-order valence-corrected chi connectivity index (χ1v) is 11.1. The molecule has 1 atom stereocenters. The van der Waals surface area contributed by atoms with Crippen LogP contribution in [0.25, 0.3) is 0 Å². The van der Waals surface area contributed by atoms with Crippen molar-refractivity contribution in [3.05, 3.63) is 45.9 Å². The number of esters is 1. The van der Waals surface area contributed by atoms with Gasteiger partial charge in [0.25, 0.3) is 0 Å². The van der Waals surface area contributed by atoms with Gasteiger partial charge in [-0.1, -0.05) is 25.1 Å². The van der Waals surface area contributed by atoms with E-state index in [1.165, 1.54) is 11.3 Å². The lowest BCUT2D eigenvalue weighted by atomic mass is 9.98. The normalized spacial score (nSPS) is 16.2. The Morgan fingerprint density at radius 1 is 1.30 bits per heavy atom. The number of aryl methyl sites for hydroxylation is 1. The molecule has 2 heterocycles. The zero-order chi connectivity index (χ0) is 21.5.